The monoisotopic (exact) mass is 669 g/mol. The van der Waals surface area contributed by atoms with Crippen molar-refractivity contribution < 1.29 is 23.9 Å². The van der Waals surface area contributed by atoms with Crippen LogP contribution < -0.4 is 0 Å². The Morgan fingerprint density at radius 3 is 1.32 bits per heavy atom. The second-order valence-corrected chi connectivity index (χ2v) is 21.3. The first-order valence-electron chi connectivity index (χ1n) is 17.1. The van der Waals surface area contributed by atoms with E-state index in [1.807, 2.05) is 23.9 Å². The molecular formula is C42H47SiZr. The molecular weight excluding hydrogens is 624 g/mol. The van der Waals surface area contributed by atoms with Crippen LogP contribution in [0.2, 0.25) is 12.1 Å². The predicted octanol–water partition coefficient (Wildman–Crippen LogP) is 11.7. The van der Waals surface area contributed by atoms with Crippen molar-refractivity contribution in [3.63, 3.8) is 0 Å². The molecule has 0 spiro atoms. The van der Waals surface area contributed by atoms with Gasteiger partial charge in [-0.2, -0.15) is 0 Å². The van der Waals surface area contributed by atoms with Gasteiger partial charge in [0.2, 0.25) is 0 Å². The van der Waals surface area contributed by atoms with Crippen LogP contribution in [0.4, 0.5) is 0 Å². The summed E-state index contributed by atoms with van der Waals surface area (Å²) in [7, 11) is 0. The van der Waals surface area contributed by atoms with Gasteiger partial charge in [-0.1, -0.05) is 0 Å². The van der Waals surface area contributed by atoms with E-state index in [1.165, 1.54) is 82.3 Å². The number of benzene rings is 4. The van der Waals surface area contributed by atoms with Crippen molar-refractivity contribution in [2.75, 3.05) is 0 Å². The molecule has 2 aliphatic carbocycles. The van der Waals surface area contributed by atoms with E-state index in [-0.39, 0.29) is 0 Å². The Morgan fingerprint density at radius 1 is 0.545 bits per heavy atom. The Morgan fingerprint density at radius 2 is 0.955 bits per heavy atom. The maximum atomic E-state index is 2.59. The van der Waals surface area contributed by atoms with Crippen LogP contribution in [0.15, 0.2) is 96.1 Å². The number of allylic oxidation sites excluding steroid dienone is 2. The summed E-state index contributed by atoms with van der Waals surface area (Å²) < 4.78 is 0. The third-order valence-corrected chi connectivity index (χ3v) is 15.6. The molecule has 0 amide bonds. The zero-order chi connectivity index (χ0) is 30.6. The Bertz CT molecular complexity index is 1530. The van der Waals surface area contributed by atoms with Gasteiger partial charge in [0.25, 0.3) is 0 Å². The zero-order valence-electron chi connectivity index (χ0n) is 27.1. The average molecular weight is 671 g/mol. The Kier molecular flexibility index (Phi) is 10.2. The van der Waals surface area contributed by atoms with Gasteiger partial charge in [0, 0.05) is 0 Å². The molecule has 4 aromatic carbocycles. The summed E-state index contributed by atoms with van der Waals surface area (Å²) in [6, 6.07) is 35.6. The fraction of sp³-hybridized carbons (Fsp3) is 0.333. The van der Waals surface area contributed by atoms with Crippen LogP contribution in [0.5, 0.6) is 0 Å². The molecule has 2 aliphatic rings. The van der Waals surface area contributed by atoms with Crippen molar-refractivity contribution in [2.45, 2.75) is 90.1 Å². The van der Waals surface area contributed by atoms with Gasteiger partial charge < -0.3 is 0 Å². The van der Waals surface area contributed by atoms with Crippen LogP contribution in [-0.4, -0.2) is 5.92 Å². The molecule has 4 aromatic rings. The molecule has 223 valence electrons. The third kappa shape index (κ3) is 6.41. The van der Waals surface area contributed by atoms with Crippen LogP contribution in [-0.2, 0) is 36.7 Å². The van der Waals surface area contributed by atoms with Crippen LogP contribution >= 0.6 is 0 Å². The molecule has 2 unspecified atom stereocenters. The van der Waals surface area contributed by atoms with Crippen molar-refractivity contribution in [3.05, 3.63) is 129 Å². The summed E-state index contributed by atoms with van der Waals surface area (Å²) in [6.45, 7) is 9.18. The number of hydrogen-bond donors (Lipinski definition) is 0. The molecule has 0 saturated heterocycles. The SMILES string of the molecule is CCCC1=Cc2c(-c3ccc(CC)cc3)cccc2C1C[SiH]([Zr])CC1C(CCC)=Cc2c(-c3ccc(CC)cc3)cccc21. The second kappa shape index (κ2) is 14.3. The molecule has 0 nitrogen and oxygen atoms in total. The van der Waals surface area contributed by atoms with Gasteiger partial charge in [0.15, 0.2) is 0 Å². The van der Waals surface area contributed by atoms with Crippen LogP contribution in [0.1, 0.15) is 98.6 Å². The van der Waals surface area contributed by atoms with Crippen molar-refractivity contribution in [3.8, 4) is 22.3 Å². The van der Waals surface area contributed by atoms with Crippen LogP contribution in [0, 0.1) is 0 Å². The number of rotatable bonds is 12. The van der Waals surface area contributed by atoms with Gasteiger partial charge in [-0.15, -0.1) is 0 Å². The van der Waals surface area contributed by atoms with Crippen molar-refractivity contribution in [2.24, 2.45) is 0 Å². The maximum absolute atomic E-state index is 2.59. The van der Waals surface area contributed by atoms with Crippen molar-refractivity contribution in [1.82, 2.24) is 0 Å². The van der Waals surface area contributed by atoms with Crippen LogP contribution in [0.3, 0.4) is 0 Å². The van der Waals surface area contributed by atoms with Gasteiger partial charge in [0.1, 0.15) is 0 Å². The van der Waals surface area contributed by atoms with E-state index < -0.39 is 5.92 Å². The molecule has 2 heteroatoms. The van der Waals surface area contributed by atoms with Gasteiger partial charge in [-0.3, -0.25) is 0 Å². The third-order valence-electron chi connectivity index (χ3n) is 10.0. The summed E-state index contributed by atoms with van der Waals surface area (Å²) in [5.74, 6) is 0.274. The molecule has 0 saturated carbocycles. The summed E-state index contributed by atoms with van der Waals surface area (Å²) >= 11 is 1.82. The number of hydrogen-bond acceptors (Lipinski definition) is 0. The average Bonchev–Trinajstić information content (AvgIpc) is 3.58. The minimum absolute atomic E-state index is 0.610. The molecule has 2 atom stereocenters. The Labute approximate surface area is 282 Å². The minimum atomic E-state index is -0.946. The van der Waals surface area contributed by atoms with Gasteiger partial charge in [-0.25, -0.2) is 0 Å². The first-order valence-corrected chi connectivity index (χ1v) is 23.6. The first-order chi connectivity index (χ1) is 21.5. The summed E-state index contributed by atoms with van der Waals surface area (Å²) in [5, 5.41) is 0. The summed E-state index contributed by atoms with van der Waals surface area (Å²) in [6.07, 6.45) is 12.3. The van der Waals surface area contributed by atoms with E-state index in [4.69, 9.17) is 0 Å². The van der Waals surface area contributed by atoms with Crippen molar-refractivity contribution >= 4 is 18.1 Å². The standard InChI is InChI=1S/C42H47Si.Zr/c1-5-11-33-25-39-35(31-21-17-29(7-3)18-22-31)13-9-15-37(39)41(33)27-43-28-42-34(12-6-2)26-40-36(14-10-16-38(40)42)32-23-19-30(8-4)20-24-32;/h9-10,13-26,41-43H,5-8,11-12,27-28H2,1-4H3;. The molecule has 0 aliphatic heterocycles. The first kappa shape index (κ1) is 31.4. The molecule has 0 N–H and O–H groups in total. The fourth-order valence-electron chi connectivity index (χ4n) is 7.70. The Hall–Kier alpha value is -2.54. The van der Waals surface area contributed by atoms with E-state index in [2.05, 4.69) is 125 Å². The molecule has 44 heavy (non-hydrogen) atoms. The second-order valence-electron chi connectivity index (χ2n) is 12.9. The normalized spacial score (nSPS) is 17.6. The predicted molar refractivity (Wildman–Crippen MR) is 191 cm³/mol. The topological polar surface area (TPSA) is 0 Å². The van der Waals surface area contributed by atoms with Gasteiger partial charge in [0.05, 0.1) is 0 Å². The summed E-state index contributed by atoms with van der Waals surface area (Å²) in [5.41, 5.74) is 18.0. The molecule has 0 aromatic heterocycles. The molecule has 6 rings (SSSR count). The van der Waals surface area contributed by atoms with E-state index in [1.54, 1.807) is 22.3 Å². The van der Waals surface area contributed by atoms with E-state index >= 15 is 0 Å². The van der Waals surface area contributed by atoms with Gasteiger partial charge in [-0.05, 0) is 0 Å². The molecule has 0 heterocycles. The van der Waals surface area contributed by atoms with Crippen LogP contribution in [0.25, 0.3) is 34.4 Å². The zero-order valence-corrected chi connectivity index (χ0v) is 30.7. The van der Waals surface area contributed by atoms with E-state index in [0.717, 1.165) is 12.8 Å². The number of fused-ring (bicyclic) bond motifs is 2. The molecule has 0 radical (unpaired) electrons. The fourth-order valence-corrected chi connectivity index (χ4v) is 13.6. The van der Waals surface area contributed by atoms with E-state index in [0.29, 0.717) is 11.8 Å². The van der Waals surface area contributed by atoms with E-state index in [9.17, 15) is 0 Å². The quantitative estimate of drug-likeness (QED) is 0.132. The molecule has 0 fully saturated rings. The summed E-state index contributed by atoms with van der Waals surface area (Å²) in [4.78, 5) is 0. The Balaban J connectivity index is 1.27. The molecule has 0 bridgehead atoms. The number of aryl methyl sites for hydroxylation is 2. The van der Waals surface area contributed by atoms with Gasteiger partial charge >= 0.3 is 284 Å². The van der Waals surface area contributed by atoms with Crippen molar-refractivity contribution in [1.29, 1.82) is 0 Å².